The molecule has 7 nitrogen and oxygen atoms in total. The standard InChI is InChI=1S/C21H15F5N2O5/c1-31-17-9-11(4-7-15(17)33-20(22)23)18(29)28-14-6-5-12(10-13(14)21(24,25)26)27-19(30)16-3-2-8-32-16/h2-10,20H,1H3,(H,27,30)(H,28,29). The third kappa shape index (κ3) is 5.79. The summed E-state index contributed by atoms with van der Waals surface area (Å²) in [6, 6.07) is 8.69. The van der Waals surface area contributed by atoms with Gasteiger partial charge in [-0.15, -0.1) is 0 Å². The Morgan fingerprint density at radius 2 is 1.73 bits per heavy atom. The Balaban J connectivity index is 1.85. The van der Waals surface area contributed by atoms with Gasteiger partial charge in [0.25, 0.3) is 11.8 Å². The van der Waals surface area contributed by atoms with Crippen molar-refractivity contribution in [2.45, 2.75) is 12.8 Å². The van der Waals surface area contributed by atoms with Crippen LogP contribution >= 0.6 is 0 Å². The zero-order valence-corrected chi connectivity index (χ0v) is 16.7. The van der Waals surface area contributed by atoms with Crippen LogP contribution in [0.3, 0.4) is 0 Å². The van der Waals surface area contributed by atoms with Crippen LogP contribution in [0.1, 0.15) is 26.5 Å². The predicted molar refractivity (Wildman–Crippen MR) is 106 cm³/mol. The molecule has 0 unspecified atom stereocenters. The van der Waals surface area contributed by atoms with E-state index in [0.29, 0.717) is 6.07 Å². The molecule has 0 spiro atoms. The van der Waals surface area contributed by atoms with E-state index in [1.807, 2.05) is 0 Å². The number of hydrogen-bond donors (Lipinski definition) is 2. The smallest absolute Gasteiger partial charge is 0.418 e. The molecule has 0 bridgehead atoms. The SMILES string of the molecule is COc1cc(C(=O)Nc2ccc(NC(=O)c3ccco3)cc2C(F)(F)F)ccc1OC(F)F. The predicted octanol–water partition coefficient (Wildman–Crippen LogP) is 5.41. The van der Waals surface area contributed by atoms with Crippen molar-refractivity contribution in [1.29, 1.82) is 0 Å². The Hall–Kier alpha value is -4.09. The Morgan fingerprint density at radius 1 is 0.970 bits per heavy atom. The number of rotatable bonds is 7. The van der Waals surface area contributed by atoms with Gasteiger partial charge in [0.1, 0.15) is 0 Å². The number of carbonyl (C=O) groups excluding carboxylic acids is 2. The van der Waals surface area contributed by atoms with Gasteiger partial charge in [-0.05, 0) is 48.5 Å². The van der Waals surface area contributed by atoms with Gasteiger partial charge in [0, 0.05) is 11.3 Å². The summed E-state index contributed by atoms with van der Waals surface area (Å²) >= 11 is 0. The van der Waals surface area contributed by atoms with E-state index in [9.17, 15) is 31.5 Å². The summed E-state index contributed by atoms with van der Waals surface area (Å²) in [6.45, 7) is -3.14. The Bertz CT molecular complexity index is 1150. The lowest BCUT2D eigenvalue weighted by Gasteiger charge is -2.16. The van der Waals surface area contributed by atoms with Crippen LogP contribution < -0.4 is 20.1 Å². The van der Waals surface area contributed by atoms with Crippen LogP contribution in [0, 0.1) is 0 Å². The summed E-state index contributed by atoms with van der Waals surface area (Å²) in [7, 11) is 1.15. The molecule has 0 saturated heterocycles. The number of ether oxygens (including phenoxy) is 2. The maximum atomic E-state index is 13.6. The quantitative estimate of drug-likeness (QED) is 0.451. The second-order valence-electron chi connectivity index (χ2n) is 6.39. The van der Waals surface area contributed by atoms with E-state index in [1.54, 1.807) is 0 Å². The minimum absolute atomic E-state index is 0.103. The number of hydrogen-bond acceptors (Lipinski definition) is 5. The van der Waals surface area contributed by atoms with Gasteiger partial charge in [-0.1, -0.05) is 0 Å². The van der Waals surface area contributed by atoms with Gasteiger partial charge in [-0.2, -0.15) is 22.0 Å². The molecule has 174 valence electrons. The highest BCUT2D eigenvalue weighted by Crippen LogP contribution is 2.37. The molecule has 2 amide bonds. The van der Waals surface area contributed by atoms with E-state index in [0.717, 1.165) is 37.4 Å². The van der Waals surface area contributed by atoms with Gasteiger partial charge >= 0.3 is 12.8 Å². The Morgan fingerprint density at radius 3 is 2.33 bits per heavy atom. The molecule has 1 aromatic heterocycles. The first kappa shape index (κ1) is 23.6. The average molecular weight is 470 g/mol. The highest BCUT2D eigenvalue weighted by atomic mass is 19.4. The van der Waals surface area contributed by atoms with Crippen molar-refractivity contribution in [3.63, 3.8) is 0 Å². The molecule has 2 N–H and O–H groups in total. The fraction of sp³-hybridized carbons (Fsp3) is 0.143. The molecule has 0 saturated carbocycles. The second kappa shape index (κ2) is 9.59. The molecular weight excluding hydrogens is 455 g/mol. The summed E-state index contributed by atoms with van der Waals surface area (Å²) < 4.78 is 79.7. The van der Waals surface area contributed by atoms with E-state index < -0.39 is 35.9 Å². The lowest BCUT2D eigenvalue weighted by molar-refractivity contribution is -0.136. The highest BCUT2D eigenvalue weighted by Gasteiger charge is 2.34. The number of amides is 2. The first-order chi connectivity index (χ1) is 15.6. The fourth-order valence-corrected chi connectivity index (χ4v) is 2.76. The topological polar surface area (TPSA) is 89.8 Å². The molecule has 3 rings (SSSR count). The number of benzene rings is 2. The van der Waals surface area contributed by atoms with Crippen molar-refractivity contribution in [3.05, 3.63) is 71.7 Å². The molecule has 0 aliphatic carbocycles. The molecule has 12 heteroatoms. The van der Waals surface area contributed by atoms with Gasteiger partial charge < -0.3 is 24.5 Å². The second-order valence-corrected chi connectivity index (χ2v) is 6.39. The van der Waals surface area contributed by atoms with Crippen LogP contribution in [-0.4, -0.2) is 25.5 Å². The third-order valence-corrected chi connectivity index (χ3v) is 4.22. The van der Waals surface area contributed by atoms with E-state index in [4.69, 9.17) is 9.15 Å². The number of halogens is 5. The molecule has 0 radical (unpaired) electrons. The van der Waals surface area contributed by atoms with Gasteiger partial charge in [0.15, 0.2) is 17.3 Å². The lowest BCUT2D eigenvalue weighted by atomic mass is 10.1. The van der Waals surface area contributed by atoms with Crippen molar-refractivity contribution in [1.82, 2.24) is 0 Å². The van der Waals surface area contributed by atoms with Crippen LogP contribution in [0.5, 0.6) is 11.5 Å². The zero-order valence-electron chi connectivity index (χ0n) is 16.7. The first-order valence-corrected chi connectivity index (χ1v) is 9.09. The van der Waals surface area contributed by atoms with Crippen molar-refractivity contribution < 1.29 is 45.4 Å². The zero-order chi connectivity index (χ0) is 24.2. The first-order valence-electron chi connectivity index (χ1n) is 9.09. The van der Waals surface area contributed by atoms with Gasteiger partial charge in [0.05, 0.1) is 24.6 Å². The highest BCUT2D eigenvalue weighted by molar-refractivity contribution is 6.06. The van der Waals surface area contributed by atoms with Crippen molar-refractivity contribution in [2.24, 2.45) is 0 Å². The van der Waals surface area contributed by atoms with Crippen molar-refractivity contribution in [3.8, 4) is 11.5 Å². The molecule has 1 heterocycles. The monoisotopic (exact) mass is 470 g/mol. The van der Waals surface area contributed by atoms with E-state index >= 15 is 0 Å². The summed E-state index contributed by atoms with van der Waals surface area (Å²) in [5.74, 6) is -2.39. The maximum absolute atomic E-state index is 13.6. The van der Waals surface area contributed by atoms with Crippen LogP contribution in [0.25, 0.3) is 0 Å². The number of anilines is 2. The summed E-state index contributed by atoms with van der Waals surface area (Å²) in [6.07, 6.45) is -3.64. The molecule has 33 heavy (non-hydrogen) atoms. The molecule has 2 aromatic carbocycles. The largest absolute Gasteiger partial charge is 0.493 e. The van der Waals surface area contributed by atoms with Crippen molar-refractivity contribution >= 4 is 23.2 Å². The fourth-order valence-electron chi connectivity index (χ4n) is 2.76. The maximum Gasteiger partial charge on any atom is 0.418 e. The Kier molecular flexibility index (Phi) is 6.85. The summed E-state index contributed by atoms with van der Waals surface area (Å²) in [5.41, 5.74) is -2.17. The third-order valence-electron chi connectivity index (χ3n) is 4.22. The Labute approximate surface area is 183 Å². The van der Waals surface area contributed by atoms with E-state index in [2.05, 4.69) is 15.4 Å². The number of alkyl halides is 5. The lowest BCUT2D eigenvalue weighted by Crippen LogP contribution is -2.18. The molecule has 0 atom stereocenters. The van der Waals surface area contributed by atoms with Crippen LogP contribution in [0.2, 0.25) is 0 Å². The number of nitrogens with one attached hydrogen (secondary N) is 2. The van der Waals surface area contributed by atoms with Crippen LogP contribution in [0.15, 0.2) is 59.2 Å². The molecule has 0 aliphatic rings. The van der Waals surface area contributed by atoms with Crippen LogP contribution in [-0.2, 0) is 6.18 Å². The minimum Gasteiger partial charge on any atom is -0.493 e. The number of carbonyl (C=O) groups is 2. The number of furan rings is 1. The normalized spacial score (nSPS) is 11.2. The summed E-state index contributed by atoms with van der Waals surface area (Å²) in [4.78, 5) is 24.5. The molecule has 3 aromatic rings. The molecular formula is C21H15F5N2O5. The van der Waals surface area contributed by atoms with Gasteiger partial charge in [-0.25, -0.2) is 0 Å². The van der Waals surface area contributed by atoms with E-state index in [-0.39, 0.29) is 28.5 Å². The van der Waals surface area contributed by atoms with Crippen LogP contribution in [0.4, 0.5) is 33.3 Å². The van der Waals surface area contributed by atoms with Gasteiger partial charge in [-0.3, -0.25) is 9.59 Å². The number of methoxy groups -OCH3 is 1. The van der Waals surface area contributed by atoms with Gasteiger partial charge in [0.2, 0.25) is 0 Å². The molecule has 0 aliphatic heterocycles. The molecule has 0 fully saturated rings. The summed E-state index contributed by atoms with van der Waals surface area (Å²) in [5, 5.41) is 4.39. The van der Waals surface area contributed by atoms with Crippen molar-refractivity contribution in [2.75, 3.05) is 17.7 Å². The van der Waals surface area contributed by atoms with E-state index in [1.165, 1.54) is 18.4 Å². The minimum atomic E-state index is -4.87. The average Bonchev–Trinajstić information content (AvgIpc) is 3.29.